The number of nitriles is 1. The lowest BCUT2D eigenvalue weighted by Crippen LogP contribution is -2.38. The molecule has 0 amide bonds. The normalized spacial score (nSPS) is 25.9. The van der Waals surface area contributed by atoms with E-state index < -0.39 is 23.2 Å². The van der Waals surface area contributed by atoms with Crippen LogP contribution in [-0.2, 0) is 4.74 Å². The Hall–Kier alpha value is -2.37. The van der Waals surface area contributed by atoms with Crippen molar-refractivity contribution >= 4 is 5.97 Å². The highest BCUT2D eigenvalue weighted by molar-refractivity contribution is 5.90. The molecule has 108 valence electrons. The first kappa shape index (κ1) is 15.0. The average Bonchev–Trinajstić information content (AvgIpc) is 3.17. The average molecular weight is 287 g/mol. The third-order valence-electron chi connectivity index (χ3n) is 3.93. The van der Waals surface area contributed by atoms with Gasteiger partial charge in [0.1, 0.15) is 17.2 Å². The first-order valence-corrected chi connectivity index (χ1v) is 6.36. The van der Waals surface area contributed by atoms with E-state index in [0.717, 1.165) is 0 Å². The lowest BCUT2D eigenvalue weighted by molar-refractivity contribution is 0.00611. The van der Waals surface area contributed by atoms with Gasteiger partial charge in [-0.25, -0.2) is 9.18 Å². The number of hydrogen-bond acceptors (Lipinski definition) is 3. The van der Waals surface area contributed by atoms with Gasteiger partial charge >= 0.3 is 5.97 Å². The minimum atomic E-state index is -1.28. The van der Waals surface area contributed by atoms with Crippen LogP contribution in [0.5, 0.6) is 0 Å². The quantitative estimate of drug-likeness (QED) is 0.867. The number of benzene rings is 1. The van der Waals surface area contributed by atoms with E-state index in [4.69, 9.17) is 9.84 Å². The molecule has 1 aliphatic carbocycles. The van der Waals surface area contributed by atoms with E-state index in [1.165, 1.54) is 13.2 Å². The lowest BCUT2D eigenvalue weighted by Gasteiger charge is -2.26. The highest BCUT2D eigenvalue weighted by Gasteiger charge is 2.67. The van der Waals surface area contributed by atoms with E-state index in [1.807, 2.05) is 6.07 Å². The molecule has 0 aliphatic heterocycles. The topological polar surface area (TPSA) is 70.3 Å². The predicted molar refractivity (Wildman–Crippen MR) is 73.3 cm³/mol. The molecule has 0 radical (unpaired) electrons. The number of alkyl halides is 1. The number of carbonyl (C=O) groups is 1. The zero-order chi connectivity index (χ0) is 15.7. The van der Waals surface area contributed by atoms with Crippen LogP contribution in [0.15, 0.2) is 24.3 Å². The van der Waals surface area contributed by atoms with Crippen molar-refractivity contribution in [3.05, 3.63) is 35.4 Å². The molecular formula is C16H14FNO3. The van der Waals surface area contributed by atoms with E-state index >= 15 is 0 Å². The van der Waals surface area contributed by atoms with Crippen LogP contribution in [-0.4, -0.2) is 30.0 Å². The number of rotatable bonds is 3. The summed E-state index contributed by atoms with van der Waals surface area (Å²) in [6.07, 6.45) is -1.21. The van der Waals surface area contributed by atoms with Crippen molar-refractivity contribution in [2.45, 2.75) is 25.1 Å². The summed E-state index contributed by atoms with van der Waals surface area (Å²) < 4.78 is 18.8. The van der Waals surface area contributed by atoms with Crippen molar-refractivity contribution in [3.8, 4) is 17.9 Å². The van der Waals surface area contributed by atoms with Crippen molar-refractivity contribution in [2.75, 3.05) is 7.11 Å². The third kappa shape index (κ3) is 2.37. The van der Waals surface area contributed by atoms with E-state index in [2.05, 4.69) is 11.8 Å². The van der Waals surface area contributed by atoms with Crippen molar-refractivity contribution < 1.29 is 19.0 Å². The van der Waals surface area contributed by atoms with Crippen molar-refractivity contribution in [1.82, 2.24) is 0 Å². The Morgan fingerprint density at radius 3 is 2.67 bits per heavy atom. The van der Waals surface area contributed by atoms with Crippen molar-refractivity contribution in [3.63, 3.8) is 0 Å². The highest BCUT2D eigenvalue weighted by atomic mass is 19.1. The summed E-state index contributed by atoms with van der Waals surface area (Å²) in [7, 11) is 1.36. The summed E-state index contributed by atoms with van der Waals surface area (Å²) in [6, 6.07) is 8.20. The number of carboxylic acid groups (broad SMARTS) is 1. The van der Waals surface area contributed by atoms with E-state index in [9.17, 15) is 14.4 Å². The SMILES string of the molecule is CO[C@](C)(C#Cc1ccccc1C(=O)O)[C@@]1(C#N)C[C@H]1F. The fourth-order valence-corrected chi connectivity index (χ4v) is 2.25. The Morgan fingerprint density at radius 2 is 2.19 bits per heavy atom. The lowest BCUT2D eigenvalue weighted by atomic mass is 9.86. The molecule has 1 aromatic carbocycles. The Morgan fingerprint density at radius 1 is 1.57 bits per heavy atom. The van der Waals surface area contributed by atoms with Crippen LogP contribution in [0.4, 0.5) is 4.39 Å². The number of hydrogen-bond donors (Lipinski definition) is 1. The first-order chi connectivity index (χ1) is 9.90. The second-order valence-electron chi connectivity index (χ2n) is 5.09. The van der Waals surface area contributed by atoms with Crippen LogP contribution in [0, 0.1) is 28.6 Å². The summed E-state index contributed by atoms with van der Waals surface area (Å²) in [5.74, 6) is 4.36. The van der Waals surface area contributed by atoms with Crippen LogP contribution >= 0.6 is 0 Å². The largest absolute Gasteiger partial charge is 0.478 e. The van der Waals surface area contributed by atoms with Gasteiger partial charge in [-0.15, -0.1) is 0 Å². The molecule has 3 atom stereocenters. The second kappa shape index (κ2) is 5.20. The van der Waals surface area contributed by atoms with Gasteiger partial charge in [-0.2, -0.15) is 5.26 Å². The molecule has 0 heterocycles. The first-order valence-electron chi connectivity index (χ1n) is 6.36. The maximum Gasteiger partial charge on any atom is 0.336 e. The summed E-state index contributed by atoms with van der Waals surface area (Å²) in [6.45, 7) is 1.55. The molecule has 21 heavy (non-hydrogen) atoms. The Balaban J connectivity index is 2.43. The Kier molecular flexibility index (Phi) is 3.72. The molecular weight excluding hydrogens is 273 g/mol. The Bertz CT molecular complexity index is 685. The van der Waals surface area contributed by atoms with Crippen LogP contribution in [0.1, 0.15) is 29.3 Å². The number of carboxylic acids is 1. The third-order valence-corrected chi connectivity index (χ3v) is 3.93. The predicted octanol–water partition coefficient (Wildman–Crippen LogP) is 2.39. The molecule has 1 saturated carbocycles. The zero-order valence-electron chi connectivity index (χ0n) is 11.7. The number of nitrogens with zero attached hydrogens (tertiary/aromatic N) is 1. The van der Waals surface area contributed by atoms with Gasteiger partial charge in [0.15, 0.2) is 0 Å². The van der Waals surface area contributed by atoms with Crippen molar-refractivity contribution in [2.24, 2.45) is 5.41 Å². The van der Waals surface area contributed by atoms with Gasteiger partial charge in [-0.3, -0.25) is 0 Å². The molecule has 1 fully saturated rings. The minimum Gasteiger partial charge on any atom is -0.478 e. The van der Waals surface area contributed by atoms with E-state index in [-0.39, 0.29) is 12.0 Å². The second-order valence-corrected chi connectivity index (χ2v) is 5.09. The van der Waals surface area contributed by atoms with Gasteiger partial charge in [-0.05, 0) is 19.1 Å². The number of aromatic carboxylic acids is 1. The molecule has 2 rings (SSSR count). The number of ether oxygens (including phenoxy) is 1. The summed E-state index contributed by atoms with van der Waals surface area (Å²) >= 11 is 0. The van der Waals surface area contributed by atoms with Gasteiger partial charge in [-0.1, -0.05) is 24.0 Å². The Labute approximate surface area is 122 Å². The molecule has 5 heteroatoms. The number of halogens is 1. The maximum absolute atomic E-state index is 13.6. The molecule has 0 aromatic heterocycles. The van der Waals surface area contributed by atoms with Crippen LogP contribution in [0.25, 0.3) is 0 Å². The minimum absolute atomic E-state index is 0.0575. The summed E-state index contributed by atoms with van der Waals surface area (Å²) in [5.41, 5.74) is -2.21. The summed E-state index contributed by atoms with van der Waals surface area (Å²) in [5, 5.41) is 18.3. The standard InChI is InChI=1S/C16H14FNO3/c1-15(21-2,16(10-18)9-13(16)17)8-7-11-5-3-4-6-12(11)14(19)20/h3-6,13H,9H2,1-2H3,(H,19,20)/t13-,15-,16-/m1/s1. The molecule has 0 saturated heterocycles. The molecule has 0 unspecified atom stereocenters. The monoisotopic (exact) mass is 287 g/mol. The molecule has 0 bridgehead atoms. The van der Waals surface area contributed by atoms with Gasteiger partial charge < -0.3 is 9.84 Å². The van der Waals surface area contributed by atoms with E-state index in [0.29, 0.717) is 5.56 Å². The van der Waals surface area contributed by atoms with Gasteiger partial charge in [0.05, 0.1) is 11.6 Å². The summed E-state index contributed by atoms with van der Waals surface area (Å²) in [4.78, 5) is 11.1. The van der Waals surface area contributed by atoms with Gasteiger partial charge in [0, 0.05) is 19.1 Å². The van der Waals surface area contributed by atoms with Crippen LogP contribution < -0.4 is 0 Å². The molecule has 1 aliphatic rings. The fourth-order valence-electron chi connectivity index (χ4n) is 2.25. The van der Waals surface area contributed by atoms with E-state index in [1.54, 1.807) is 25.1 Å². The molecule has 1 aromatic rings. The molecule has 4 nitrogen and oxygen atoms in total. The number of methoxy groups -OCH3 is 1. The van der Waals surface area contributed by atoms with Crippen LogP contribution in [0.2, 0.25) is 0 Å². The highest BCUT2D eigenvalue weighted by Crippen LogP contribution is 2.56. The van der Waals surface area contributed by atoms with Gasteiger partial charge in [0.25, 0.3) is 0 Å². The zero-order valence-corrected chi connectivity index (χ0v) is 11.7. The molecule has 0 spiro atoms. The van der Waals surface area contributed by atoms with Crippen LogP contribution in [0.3, 0.4) is 0 Å². The fraction of sp³-hybridized carbons (Fsp3) is 0.375. The smallest absolute Gasteiger partial charge is 0.336 e. The van der Waals surface area contributed by atoms with Gasteiger partial charge in [0.2, 0.25) is 0 Å². The maximum atomic E-state index is 13.6. The molecule has 1 N–H and O–H groups in total. The van der Waals surface area contributed by atoms with Crippen molar-refractivity contribution in [1.29, 1.82) is 5.26 Å².